The molecule has 0 spiro atoms. The molecule has 2 unspecified atom stereocenters. The number of aromatic nitrogens is 3. The number of nitrogens with zero attached hydrogens (tertiary/aromatic N) is 2. The fourth-order valence-corrected chi connectivity index (χ4v) is 4.13. The average molecular weight is 405 g/mol. The highest BCUT2D eigenvalue weighted by Crippen LogP contribution is 2.22. The van der Waals surface area contributed by atoms with Gasteiger partial charge in [0.05, 0.1) is 24.4 Å². The van der Waals surface area contributed by atoms with Crippen LogP contribution in [0.3, 0.4) is 0 Å². The lowest BCUT2D eigenvalue weighted by Gasteiger charge is -2.21. The molecule has 1 aliphatic heterocycles. The van der Waals surface area contributed by atoms with Gasteiger partial charge in [0, 0.05) is 6.61 Å². The number of hydrogen-bond donors (Lipinski definition) is 2. The molecule has 1 aliphatic rings. The highest BCUT2D eigenvalue weighted by molar-refractivity contribution is 7.99. The topological polar surface area (TPSA) is 89.0 Å². The van der Waals surface area contributed by atoms with E-state index in [2.05, 4.69) is 29.4 Å². The van der Waals surface area contributed by atoms with E-state index in [1.54, 1.807) is 4.57 Å². The Labute approximate surface area is 169 Å². The lowest BCUT2D eigenvalue weighted by atomic mass is 9.97. The maximum atomic E-state index is 12.6. The average Bonchev–Trinajstić information content (AvgIpc) is 3.31. The number of nitrogens with one attached hydrogen (secondary N) is 2. The van der Waals surface area contributed by atoms with Crippen LogP contribution in [-0.4, -0.2) is 39.1 Å². The fourth-order valence-electron chi connectivity index (χ4n) is 3.37. The number of aromatic amines is 1. The summed E-state index contributed by atoms with van der Waals surface area (Å²) < 4.78 is 7.18. The summed E-state index contributed by atoms with van der Waals surface area (Å²) in [5.41, 5.74) is 0.838. The van der Waals surface area contributed by atoms with Crippen LogP contribution in [-0.2, 0) is 16.1 Å². The molecule has 1 aromatic carbocycles. The van der Waals surface area contributed by atoms with Gasteiger partial charge in [-0.1, -0.05) is 55.9 Å². The smallest absolute Gasteiger partial charge is 0.344 e. The van der Waals surface area contributed by atoms with Crippen LogP contribution in [0.2, 0.25) is 0 Å². The van der Waals surface area contributed by atoms with E-state index in [0.29, 0.717) is 17.6 Å². The Hall–Kier alpha value is -2.06. The van der Waals surface area contributed by atoms with Crippen molar-refractivity contribution in [3.05, 3.63) is 46.4 Å². The SMILES string of the molecule is CC(C)CC(NC(=O)CSc1n[nH]c(=O)n1CC1CCCO1)c1ccccc1. The molecule has 0 bridgehead atoms. The Bertz CT molecular complexity index is 812. The molecule has 1 aromatic heterocycles. The van der Waals surface area contributed by atoms with Gasteiger partial charge in [0.15, 0.2) is 5.16 Å². The minimum absolute atomic E-state index is 0.0254. The number of ether oxygens (including phenoxy) is 1. The molecular weight excluding hydrogens is 376 g/mol. The van der Waals surface area contributed by atoms with Crippen LogP contribution in [0.5, 0.6) is 0 Å². The summed E-state index contributed by atoms with van der Waals surface area (Å²) in [6, 6.07) is 9.98. The molecule has 0 saturated carbocycles. The van der Waals surface area contributed by atoms with Gasteiger partial charge in [-0.25, -0.2) is 9.89 Å². The number of H-pyrrole nitrogens is 1. The first-order valence-electron chi connectivity index (χ1n) is 9.77. The second kappa shape index (κ2) is 9.93. The van der Waals surface area contributed by atoms with Crippen molar-refractivity contribution in [2.75, 3.05) is 12.4 Å². The van der Waals surface area contributed by atoms with Gasteiger partial charge in [-0.3, -0.25) is 9.36 Å². The Kier molecular flexibility index (Phi) is 7.33. The molecular formula is C20H28N4O3S. The van der Waals surface area contributed by atoms with Crippen molar-refractivity contribution in [3.8, 4) is 0 Å². The Balaban J connectivity index is 1.59. The van der Waals surface area contributed by atoms with Gasteiger partial charge in [0.2, 0.25) is 5.91 Å². The molecule has 1 saturated heterocycles. The molecule has 2 atom stereocenters. The van der Waals surface area contributed by atoms with Crippen molar-refractivity contribution in [2.45, 2.75) is 57.0 Å². The van der Waals surface area contributed by atoms with Crippen LogP contribution < -0.4 is 11.0 Å². The zero-order valence-corrected chi connectivity index (χ0v) is 17.2. The minimum atomic E-state index is -0.264. The van der Waals surface area contributed by atoms with Crippen molar-refractivity contribution in [3.63, 3.8) is 0 Å². The fraction of sp³-hybridized carbons (Fsp3) is 0.550. The van der Waals surface area contributed by atoms with E-state index in [1.807, 2.05) is 30.3 Å². The van der Waals surface area contributed by atoms with Crippen LogP contribution in [0, 0.1) is 5.92 Å². The first-order chi connectivity index (χ1) is 13.5. The molecule has 3 rings (SSSR count). The van der Waals surface area contributed by atoms with Crippen molar-refractivity contribution in [1.82, 2.24) is 20.1 Å². The van der Waals surface area contributed by atoms with E-state index >= 15 is 0 Å². The third kappa shape index (κ3) is 5.72. The summed E-state index contributed by atoms with van der Waals surface area (Å²) in [6.45, 7) is 5.49. The van der Waals surface area contributed by atoms with E-state index in [9.17, 15) is 9.59 Å². The number of rotatable bonds is 9. The predicted octanol–water partition coefficient (Wildman–Crippen LogP) is 2.75. The molecule has 0 aliphatic carbocycles. The summed E-state index contributed by atoms with van der Waals surface area (Å²) in [7, 11) is 0. The van der Waals surface area contributed by atoms with Gasteiger partial charge in [-0.15, -0.1) is 5.10 Å². The third-order valence-electron chi connectivity index (χ3n) is 4.71. The summed E-state index contributed by atoms with van der Waals surface area (Å²) in [5, 5.41) is 10.2. The van der Waals surface area contributed by atoms with Crippen molar-refractivity contribution < 1.29 is 9.53 Å². The number of carbonyl (C=O) groups is 1. The molecule has 0 radical (unpaired) electrons. The summed E-state index contributed by atoms with van der Waals surface area (Å²) in [5.74, 6) is 0.594. The Morgan fingerprint density at radius 3 is 2.86 bits per heavy atom. The Morgan fingerprint density at radius 1 is 1.39 bits per heavy atom. The highest BCUT2D eigenvalue weighted by Gasteiger charge is 2.21. The highest BCUT2D eigenvalue weighted by atomic mass is 32.2. The summed E-state index contributed by atoms with van der Waals surface area (Å²) in [6.07, 6.45) is 2.86. The first-order valence-corrected chi connectivity index (χ1v) is 10.8. The van der Waals surface area contributed by atoms with Crippen molar-refractivity contribution in [2.24, 2.45) is 5.92 Å². The molecule has 1 fully saturated rings. The predicted molar refractivity (Wildman–Crippen MR) is 109 cm³/mol. The van der Waals surface area contributed by atoms with Gasteiger partial charge in [-0.05, 0) is 30.7 Å². The van der Waals surface area contributed by atoms with E-state index in [1.165, 1.54) is 11.8 Å². The number of hydrogen-bond acceptors (Lipinski definition) is 5. The van der Waals surface area contributed by atoms with E-state index in [0.717, 1.165) is 31.4 Å². The second-order valence-electron chi connectivity index (χ2n) is 7.51. The van der Waals surface area contributed by atoms with E-state index < -0.39 is 0 Å². The minimum Gasteiger partial charge on any atom is -0.376 e. The van der Waals surface area contributed by atoms with Crippen LogP contribution in [0.4, 0.5) is 0 Å². The number of amides is 1. The molecule has 2 heterocycles. The number of carbonyl (C=O) groups excluding carboxylic acids is 1. The summed E-state index contributed by atoms with van der Waals surface area (Å²) in [4.78, 5) is 24.6. The van der Waals surface area contributed by atoms with Gasteiger partial charge in [0.1, 0.15) is 0 Å². The Morgan fingerprint density at radius 2 is 2.18 bits per heavy atom. The molecule has 7 nitrogen and oxygen atoms in total. The monoisotopic (exact) mass is 404 g/mol. The second-order valence-corrected chi connectivity index (χ2v) is 8.45. The van der Waals surface area contributed by atoms with Crippen molar-refractivity contribution >= 4 is 17.7 Å². The largest absolute Gasteiger partial charge is 0.376 e. The molecule has 8 heteroatoms. The van der Waals surface area contributed by atoms with Crippen LogP contribution in [0.1, 0.15) is 44.7 Å². The molecule has 28 heavy (non-hydrogen) atoms. The van der Waals surface area contributed by atoms with Crippen LogP contribution in [0.15, 0.2) is 40.3 Å². The first kappa shape index (κ1) is 20.7. The third-order valence-corrected chi connectivity index (χ3v) is 5.69. The van der Waals surface area contributed by atoms with Gasteiger partial charge >= 0.3 is 5.69 Å². The number of thioether (sulfide) groups is 1. The van der Waals surface area contributed by atoms with E-state index in [4.69, 9.17) is 4.74 Å². The van der Waals surface area contributed by atoms with Gasteiger partial charge in [0.25, 0.3) is 0 Å². The lowest BCUT2D eigenvalue weighted by molar-refractivity contribution is -0.119. The van der Waals surface area contributed by atoms with Crippen LogP contribution >= 0.6 is 11.8 Å². The zero-order chi connectivity index (χ0) is 19.9. The van der Waals surface area contributed by atoms with Gasteiger partial charge < -0.3 is 10.1 Å². The number of benzene rings is 1. The zero-order valence-electron chi connectivity index (χ0n) is 16.4. The van der Waals surface area contributed by atoms with Gasteiger partial charge in [-0.2, -0.15) is 0 Å². The lowest BCUT2D eigenvalue weighted by Crippen LogP contribution is -2.31. The molecule has 2 aromatic rings. The van der Waals surface area contributed by atoms with E-state index in [-0.39, 0.29) is 29.5 Å². The summed E-state index contributed by atoms with van der Waals surface area (Å²) >= 11 is 1.27. The maximum absolute atomic E-state index is 12.6. The quantitative estimate of drug-likeness (QED) is 0.628. The molecule has 1 amide bonds. The maximum Gasteiger partial charge on any atom is 0.344 e. The molecule has 2 N–H and O–H groups in total. The molecule has 152 valence electrons. The van der Waals surface area contributed by atoms with Crippen molar-refractivity contribution in [1.29, 1.82) is 0 Å². The van der Waals surface area contributed by atoms with Crippen LogP contribution in [0.25, 0.3) is 0 Å². The standard InChI is InChI=1S/C20H28N4O3S/c1-14(2)11-17(15-7-4-3-5-8-15)21-18(25)13-28-20-23-22-19(26)24(20)12-16-9-6-10-27-16/h3-5,7-8,14,16-17H,6,9-13H2,1-2H3,(H,21,25)(H,22,26). The normalized spacial score (nSPS) is 17.8.